The monoisotopic (exact) mass is 249 g/mol. The molecule has 1 aliphatic rings. The van der Waals surface area contributed by atoms with Crippen molar-refractivity contribution in [3.05, 3.63) is 23.3 Å². The van der Waals surface area contributed by atoms with E-state index in [1.165, 1.54) is 24.0 Å². The number of benzene rings is 1. The lowest BCUT2D eigenvalue weighted by molar-refractivity contribution is 0.199. The third kappa shape index (κ3) is 2.78. The molecule has 3 nitrogen and oxygen atoms in total. The standard InChI is InChI=1S/C15H23NO2/c1-11-12(9-10-16)7-8-14(17-2)15(11)18-13-5-3-4-6-13/h7-8,13H,3-6,9-10,16H2,1-2H3. The van der Waals surface area contributed by atoms with Crippen molar-refractivity contribution in [1.82, 2.24) is 0 Å². The van der Waals surface area contributed by atoms with E-state index in [1.807, 2.05) is 6.07 Å². The second-order valence-corrected chi connectivity index (χ2v) is 4.94. The molecular weight excluding hydrogens is 226 g/mol. The molecular formula is C15H23NO2. The van der Waals surface area contributed by atoms with Gasteiger partial charge in [0.25, 0.3) is 0 Å². The third-order valence-corrected chi connectivity index (χ3v) is 3.70. The Kier molecular flexibility index (Phi) is 4.48. The summed E-state index contributed by atoms with van der Waals surface area (Å²) in [4.78, 5) is 0. The topological polar surface area (TPSA) is 44.5 Å². The number of rotatable bonds is 5. The number of hydrogen-bond acceptors (Lipinski definition) is 3. The summed E-state index contributed by atoms with van der Waals surface area (Å²) in [7, 11) is 1.69. The number of methoxy groups -OCH3 is 1. The average molecular weight is 249 g/mol. The van der Waals surface area contributed by atoms with Crippen LogP contribution in [0, 0.1) is 6.92 Å². The van der Waals surface area contributed by atoms with Gasteiger partial charge in [-0.15, -0.1) is 0 Å². The Morgan fingerprint density at radius 1 is 1.28 bits per heavy atom. The maximum absolute atomic E-state index is 6.15. The summed E-state index contributed by atoms with van der Waals surface area (Å²) in [5.74, 6) is 1.75. The summed E-state index contributed by atoms with van der Waals surface area (Å²) < 4.78 is 11.6. The average Bonchev–Trinajstić information content (AvgIpc) is 2.87. The third-order valence-electron chi connectivity index (χ3n) is 3.70. The van der Waals surface area contributed by atoms with Gasteiger partial charge in [-0.05, 0) is 62.8 Å². The van der Waals surface area contributed by atoms with Gasteiger partial charge in [-0.25, -0.2) is 0 Å². The summed E-state index contributed by atoms with van der Waals surface area (Å²) >= 11 is 0. The van der Waals surface area contributed by atoms with Crippen LogP contribution >= 0.6 is 0 Å². The van der Waals surface area contributed by atoms with Gasteiger partial charge >= 0.3 is 0 Å². The van der Waals surface area contributed by atoms with Crippen molar-refractivity contribution in [3.63, 3.8) is 0 Å². The molecule has 0 bridgehead atoms. The highest BCUT2D eigenvalue weighted by Crippen LogP contribution is 2.36. The molecule has 0 aromatic heterocycles. The van der Waals surface area contributed by atoms with Crippen LogP contribution in [0.2, 0.25) is 0 Å². The maximum atomic E-state index is 6.15. The summed E-state index contributed by atoms with van der Waals surface area (Å²) in [5.41, 5.74) is 8.07. The van der Waals surface area contributed by atoms with Gasteiger partial charge in [0.2, 0.25) is 0 Å². The van der Waals surface area contributed by atoms with Crippen molar-refractivity contribution in [2.45, 2.75) is 45.1 Å². The number of hydrogen-bond donors (Lipinski definition) is 1. The van der Waals surface area contributed by atoms with Crippen LogP contribution in [-0.2, 0) is 6.42 Å². The first-order valence-electron chi connectivity index (χ1n) is 6.79. The molecule has 0 amide bonds. The molecule has 1 saturated carbocycles. The van der Waals surface area contributed by atoms with Crippen molar-refractivity contribution in [2.75, 3.05) is 13.7 Å². The van der Waals surface area contributed by atoms with E-state index in [1.54, 1.807) is 7.11 Å². The summed E-state index contributed by atoms with van der Waals surface area (Å²) in [6.07, 6.45) is 6.10. The zero-order chi connectivity index (χ0) is 13.0. The molecule has 0 heterocycles. The van der Waals surface area contributed by atoms with E-state index in [2.05, 4.69) is 13.0 Å². The highest BCUT2D eigenvalue weighted by Gasteiger charge is 2.20. The highest BCUT2D eigenvalue weighted by atomic mass is 16.5. The lowest BCUT2D eigenvalue weighted by atomic mass is 10.0. The Labute approximate surface area is 109 Å². The first-order chi connectivity index (χ1) is 8.76. The molecule has 18 heavy (non-hydrogen) atoms. The number of nitrogens with two attached hydrogens (primary N) is 1. The van der Waals surface area contributed by atoms with Crippen LogP contribution in [0.25, 0.3) is 0 Å². The summed E-state index contributed by atoms with van der Waals surface area (Å²) in [6, 6.07) is 4.07. The minimum absolute atomic E-state index is 0.353. The van der Waals surface area contributed by atoms with Gasteiger partial charge in [0.1, 0.15) is 0 Å². The van der Waals surface area contributed by atoms with E-state index in [4.69, 9.17) is 15.2 Å². The Morgan fingerprint density at radius 3 is 2.61 bits per heavy atom. The second-order valence-electron chi connectivity index (χ2n) is 4.94. The van der Waals surface area contributed by atoms with Crippen LogP contribution in [0.3, 0.4) is 0 Å². The second kappa shape index (κ2) is 6.10. The lowest BCUT2D eigenvalue weighted by Gasteiger charge is -2.19. The molecule has 1 aromatic rings. The van der Waals surface area contributed by atoms with Gasteiger partial charge in [0, 0.05) is 0 Å². The van der Waals surface area contributed by atoms with E-state index in [9.17, 15) is 0 Å². The van der Waals surface area contributed by atoms with Crippen LogP contribution in [-0.4, -0.2) is 19.8 Å². The predicted molar refractivity (Wildman–Crippen MR) is 73.4 cm³/mol. The fraction of sp³-hybridized carbons (Fsp3) is 0.600. The Balaban J connectivity index is 2.25. The number of ether oxygens (including phenoxy) is 2. The smallest absolute Gasteiger partial charge is 0.164 e. The molecule has 1 aromatic carbocycles. The fourth-order valence-corrected chi connectivity index (χ4v) is 2.61. The molecule has 100 valence electrons. The van der Waals surface area contributed by atoms with Crippen molar-refractivity contribution < 1.29 is 9.47 Å². The zero-order valence-electron chi connectivity index (χ0n) is 11.4. The molecule has 2 rings (SSSR count). The quantitative estimate of drug-likeness (QED) is 0.872. The lowest BCUT2D eigenvalue weighted by Crippen LogP contribution is -2.13. The molecule has 0 aliphatic heterocycles. The van der Waals surface area contributed by atoms with E-state index < -0.39 is 0 Å². The normalized spacial score (nSPS) is 15.9. The summed E-state index contributed by atoms with van der Waals surface area (Å²) in [6.45, 7) is 2.76. The van der Waals surface area contributed by atoms with Crippen molar-refractivity contribution in [2.24, 2.45) is 5.73 Å². The molecule has 0 saturated heterocycles. The van der Waals surface area contributed by atoms with Crippen LogP contribution in [0.4, 0.5) is 0 Å². The molecule has 1 aliphatic carbocycles. The van der Waals surface area contributed by atoms with Crippen LogP contribution < -0.4 is 15.2 Å². The van der Waals surface area contributed by atoms with Crippen LogP contribution in [0.5, 0.6) is 11.5 Å². The largest absolute Gasteiger partial charge is 0.493 e. The van der Waals surface area contributed by atoms with Crippen LogP contribution in [0.1, 0.15) is 36.8 Å². The Morgan fingerprint density at radius 2 is 2.00 bits per heavy atom. The van der Waals surface area contributed by atoms with Crippen molar-refractivity contribution in [3.8, 4) is 11.5 Å². The van der Waals surface area contributed by atoms with Crippen molar-refractivity contribution >= 4 is 0 Å². The minimum atomic E-state index is 0.353. The Bertz CT molecular complexity index is 398. The van der Waals surface area contributed by atoms with Gasteiger partial charge in [-0.2, -0.15) is 0 Å². The SMILES string of the molecule is COc1ccc(CCN)c(C)c1OC1CCCC1. The van der Waals surface area contributed by atoms with Crippen LogP contribution in [0.15, 0.2) is 12.1 Å². The summed E-state index contributed by atoms with van der Waals surface area (Å²) in [5, 5.41) is 0. The van der Waals surface area contributed by atoms with Gasteiger partial charge in [0.15, 0.2) is 11.5 Å². The van der Waals surface area contributed by atoms with Gasteiger partial charge < -0.3 is 15.2 Å². The van der Waals surface area contributed by atoms with E-state index in [-0.39, 0.29) is 0 Å². The van der Waals surface area contributed by atoms with Crippen molar-refractivity contribution in [1.29, 1.82) is 0 Å². The van der Waals surface area contributed by atoms with E-state index in [0.29, 0.717) is 12.6 Å². The Hall–Kier alpha value is -1.22. The molecule has 3 heteroatoms. The molecule has 0 unspecified atom stereocenters. The molecule has 0 atom stereocenters. The minimum Gasteiger partial charge on any atom is -0.493 e. The molecule has 1 fully saturated rings. The van der Waals surface area contributed by atoms with E-state index in [0.717, 1.165) is 30.8 Å². The molecule has 0 radical (unpaired) electrons. The van der Waals surface area contributed by atoms with Gasteiger partial charge in [-0.3, -0.25) is 0 Å². The fourth-order valence-electron chi connectivity index (χ4n) is 2.61. The molecule has 0 spiro atoms. The highest BCUT2D eigenvalue weighted by molar-refractivity contribution is 5.50. The predicted octanol–water partition coefficient (Wildman–Crippen LogP) is 2.83. The first-order valence-corrected chi connectivity index (χ1v) is 6.79. The van der Waals surface area contributed by atoms with E-state index >= 15 is 0 Å². The maximum Gasteiger partial charge on any atom is 0.164 e. The molecule has 2 N–H and O–H groups in total. The first kappa shape index (κ1) is 13.2. The zero-order valence-corrected chi connectivity index (χ0v) is 11.4. The van der Waals surface area contributed by atoms with Gasteiger partial charge in [-0.1, -0.05) is 6.07 Å². The van der Waals surface area contributed by atoms with Gasteiger partial charge in [0.05, 0.1) is 13.2 Å².